The Morgan fingerprint density at radius 2 is 1.12 bits per heavy atom. The van der Waals surface area contributed by atoms with E-state index in [9.17, 15) is 24.9 Å². The third-order valence-corrected chi connectivity index (χ3v) is 12.5. The highest BCUT2D eigenvalue weighted by molar-refractivity contribution is 5.72. The van der Waals surface area contributed by atoms with Crippen LogP contribution in [0.1, 0.15) is 220 Å². The lowest BCUT2D eigenvalue weighted by atomic mass is 9.77. The normalized spacial score (nSPS) is 18.3. The number of nitrogens with zero attached hydrogens (tertiary/aromatic N) is 1. The number of aliphatic hydroxyl groups excluding tert-OH is 1. The Balaban J connectivity index is 0.000000660. The topological polar surface area (TPSA) is 188 Å². The molecule has 2 rings (SSSR count). The third kappa shape index (κ3) is 28.7. The van der Waals surface area contributed by atoms with Gasteiger partial charge >= 0.3 is 11.9 Å². The van der Waals surface area contributed by atoms with Crippen LogP contribution in [0.5, 0.6) is 0 Å². The van der Waals surface area contributed by atoms with Crippen molar-refractivity contribution in [2.45, 2.75) is 238 Å². The monoisotopic (exact) mass is 816 g/mol. The molecule has 0 amide bonds. The molecule has 11 heteroatoms. The quantitative estimate of drug-likeness (QED) is 0.0190. The number of carbonyl (C=O) groups excluding carboxylic acids is 1. The number of hydrogen-bond donors (Lipinski definition) is 7. The number of esters is 1. The first kappa shape index (κ1) is 53.7. The van der Waals surface area contributed by atoms with Crippen LogP contribution in [-0.2, 0) is 14.3 Å². The lowest BCUT2D eigenvalue weighted by molar-refractivity contribution is -0.315. The first-order chi connectivity index (χ1) is 27.1. The summed E-state index contributed by atoms with van der Waals surface area (Å²) >= 11 is 0. The van der Waals surface area contributed by atoms with Gasteiger partial charge in [0.2, 0.25) is 0 Å². The summed E-state index contributed by atoms with van der Waals surface area (Å²) < 4.78 is 6.16. The average Bonchev–Trinajstić information content (AvgIpc) is 3.53. The number of aliphatic carboxylic acids is 1. The van der Waals surface area contributed by atoms with Crippen molar-refractivity contribution in [3.8, 4) is 0 Å². The van der Waals surface area contributed by atoms with Gasteiger partial charge in [-0.2, -0.15) is 0 Å². The second kappa shape index (κ2) is 31.5. The number of hydrogen-bond acceptors (Lipinski definition) is 10. The SMILES string of the molecule is CCCCCCC(CCCCCCCC(C)(O)O)C(=O)OC1CCC2(CCN(CCCCO)CC2)C1.CCCCCCC(CCCCCCCC(O)(O)O)C(=O)O. The predicted octanol–water partition coefficient (Wildman–Crippen LogP) is 8.97. The number of rotatable bonds is 33. The van der Waals surface area contributed by atoms with Gasteiger partial charge in [-0.25, -0.2) is 0 Å². The fourth-order valence-corrected chi connectivity index (χ4v) is 8.74. The summed E-state index contributed by atoms with van der Waals surface area (Å²) in [5, 5.41) is 63.2. The highest BCUT2D eigenvalue weighted by Gasteiger charge is 2.43. The molecule has 1 saturated heterocycles. The molecule has 0 aromatic rings. The zero-order valence-corrected chi connectivity index (χ0v) is 36.8. The molecule has 2 aliphatic rings. The number of carbonyl (C=O) groups is 2. The number of carboxylic acids is 1. The molecule has 0 aromatic heterocycles. The van der Waals surface area contributed by atoms with Crippen molar-refractivity contribution < 1.29 is 50.1 Å². The first-order valence-electron chi connectivity index (χ1n) is 23.5. The molecule has 3 unspecified atom stereocenters. The second-order valence-electron chi connectivity index (χ2n) is 18.1. The van der Waals surface area contributed by atoms with Gasteiger partial charge in [0.05, 0.1) is 11.8 Å². The minimum Gasteiger partial charge on any atom is -0.481 e. The molecular formula is C46H89NO10. The highest BCUT2D eigenvalue weighted by Crippen LogP contribution is 2.47. The molecular weight excluding hydrogens is 727 g/mol. The van der Waals surface area contributed by atoms with Crippen LogP contribution >= 0.6 is 0 Å². The van der Waals surface area contributed by atoms with E-state index in [2.05, 4.69) is 18.7 Å². The van der Waals surface area contributed by atoms with E-state index in [0.29, 0.717) is 24.9 Å². The number of ether oxygens (including phenoxy) is 1. The van der Waals surface area contributed by atoms with E-state index in [1.54, 1.807) is 0 Å². The van der Waals surface area contributed by atoms with E-state index in [-0.39, 0.29) is 30.3 Å². The standard InChI is InChI=1S/C30H57NO5.C16H32O5/c1-3-4-5-9-14-26(15-10-7-6-8-11-17-29(2,34)35)28(33)36-27-16-18-30(25-27)19-22-31(23-20-30)21-12-13-24-32;1-2-3-4-8-11-14(15(17)18)12-9-6-5-7-10-13-16(19,20)21/h26-27,32,34-35H,3-25H2,1-2H3;14,19-21H,2-13H2,1H3,(H,17,18). The molecule has 3 atom stereocenters. The molecule has 7 N–H and O–H groups in total. The van der Waals surface area contributed by atoms with Crippen molar-refractivity contribution >= 4 is 11.9 Å². The van der Waals surface area contributed by atoms with E-state index in [1.807, 2.05) is 0 Å². The fourth-order valence-electron chi connectivity index (χ4n) is 8.74. The molecule has 0 radical (unpaired) electrons. The van der Waals surface area contributed by atoms with Crippen LogP contribution in [0.3, 0.4) is 0 Å². The Kier molecular flexibility index (Phi) is 29.7. The van der Waals surface area contributed by atoms with Gasteiger partial charge in [0.25, 0.3) is 5.97 Å². The van der Waals surface area contributed by atoms with Gasteiger partial charge in [0, 0.05) is 19.4 Å². The number of unbranched alkanes of at least 4 members (excludes halogenated alkanes) is 15. The molecule has 0 bridgehead atoms. The maximum absolute atomic E-state index is 13.2. The Hall–Kier alpha value is -1.34. The summed E-state index contributed by atoms with van der Waals surface area (Å²) in [6.07, 6.45) is 29.9. The van der Waals surface area contributed by atoms with E-state index in [1.165, 1.54) is 51.9 Å². The average molecular weight is 816 g/mol. The summed E-state index contributed by atoms with van der Waals surface area (Å²) in [7, 11) is 0. The van der Waals surface area contributed by atoms with Crippen molar-refractivity contribution in [3.05, 3.63) is 0 Å². The summed E-state index contributed by atoms with van der Waals surface area (Å²) in [6, 6.07) is 0. The largest absolute Gasteiger partial charge is 0.481 e. The number of carboxylic acid groups (broad SMARTS) is 1. The predicted molar refractivity (Wildman–Crippen MR) is 227 cm³/mol. The van der Waals surface area contributed by atoms with E-state index in [0.717, 1.165) is 154 Å². The van der Waals surface area contributed by atoms with Gasteiger partial charge in [0.1, 0.15) is 6.10 Å². The third-order valence-electron chi connectivity index (χ3n) is 12.5. The van der Waals surface area contributed by atoms with Crippen LogP contribution in [0.15, 0.2) is 0 Å². The minimum atomic E-state index is -2.55. The van der Waals surface area contributed by atoms with Gasteiger partial charge in [-0.1, -0.05) is 117 Å². The van der Waals surface area contributed by atoms with Crippen molar-refractivity contribution in [2.24, 2.45) is 17.3 Å². The van der Waals surface area contributed by atoms with Crippen LogP contribution in [0.4, 0.5) is 0 Å². The highest BCUT2D eigenvalue weighted by atomic mass is 16.7. The van der Waals surface area contributed by atoms with Crippen LogP contribution in [0.2, 0.25) is 0 Å². The number of piperidine rings is 1. The molecule has 338 valence electrons. The smallest absolute Gasteiger partial charge is 0.309 e. The van der Waals surface area contributed by atoms with Crippen molar-refractivity contribution in [3.63, 3.8) is 0 Å². The zero-order chi connectivity index (χ0) is 42.4. The summed E-state index contributed by atoms with van der Waals surface area (Å²) in [5.74, 6) is -4.92. The Morgan fingerprint density at radius 1 is 0.649 bits per heavy atom. The molecule has 1 saturated carbocycles. The van der Waals surface area contributed by atoms with Crippen LogP contribution in [-0.4, -0.2) is 96.7 Å². The molecule has 1 heterocycles. The van der Waals surface area contributed by atoms with Gasteiger partial charge < -0.3 is 45.4 Å². The lowest BCUT2D eigenvalue weighted by Crippen LogP contribution is -2.39. The molecule has 2 fully saturated rings. The van der Waals surface area contributed by atoms with Crippen LogP contribution in [0, 0.1) is 17.3 Å². The Morgan fingerprint density at radius 3 is 1.60 bits per heavy atom. The zero-order valence-electron chi connectivity index (χ0n) is 36.8. The van der Waals surface area contributed by atoms with Crippen LogP contribution in [0.25, 0.3) is 0 Å². The summed E-state index contributed by atoms with van der Waals surface area (Å²) in [5.41, 5.74) is 0.369. The van der Waals surface area contributed by atoms with E-state index in [4.69, 9.17) is 25.2 Å². The summed E-state index contributed by atoms with van der Waals surface area (Å²) in [4.78, 5) is 26.9. The molecule has 11 nitrogen and oxygen atoms in total. The first-order valence-corrected chi connectivity index (χ1v) is 23.5. The van der Waals surface area contributed by atoms with Gasteiger partial charge in [-0.05, 0) is 115 Å². The maximum atomic E-state index is 13.2. The molecule has 57 heavy (non-hydrogen) atoms. The Bertz CT molecular complexity index is 989. The van der Waals surface area contributed by atoms with Crippen LogP contribution < -0.4 is 0 Å². The van der Waals surface area contributed by atoms with Gasteiger partial charge in [0.15, 0.2) is 5.79 Å². The maximum Gasteiger partial charge on any atom is 0.309 e. The van der Waals surface area contributed by atoms with Crippen molar-refractivity contribution in [2.75, 3.05) is 26.2 Å². The molecule has 1 spiro atoms. The Labute approximate surface area is 347 Å². The fraction of sp³-hybridized carbons (Fsp3) is 0.957. The van der Waals surface area contributed by atoms with Crippen molar-refractivity contribution in [1.82, 2.24) is 4.90 Å². The lowest BCUT2D eigenvalue weighted by Gasteiger charge is -2.39. The summed E-state index contributed by atoms with van der Waals surface area (Å²) in [6.45, 7) is 9.47. The minimum absolute atomic E-state index is 0.0324. The second-order valence-corrected chi connectivity index (χ2v) is 18.1. The molecule has 1 aliphatic heterocycles. The molecule has 0 aromatic carbocycles. The van der Waals surface area contributed by atoms with E-state index >= 15 is 0 Å². The van der Waals surface area contributed by atoms with Crippen molar-refractivity contribution in [1.29, 1.82) is 0 Å². The number of aliphatic hydroxyl groups is 6. The number of likely N-dealkylation sites (tertiary alicyclic amines) is 1. The van der Waals surface area contributed by atoms with Gasteiger partial charge in [-0.3, -0.25) is 9.59 Å². The van der Waals surface area contributed by atoms with Gasteiger partial charge in [-0.15, -0.1) is 0 Å². The molecule has 1 aliphatic carbocycles. The van der Waals surface area contributed by atoms with E-state index < -0.39 is 17.7 Å².